The standard InChI is InChI=1S/C24H30F3N5O4S/c1-24(2,3)32(23(33)34)20-8-15(9-28-22(20)17-6-14(25)7-18(26)21(17)27)30-10-13-11-31(29-19(13)12-30)37(35,36)16-4-5-16/h6-7,11,15-16,20,22,28H,4-5,8-10,12H2,1-3H3,(H,33,34)/t15-,20+,22+/m1/s1. The van der Waals surface area contributed by atoms with E-state index in [0.29, 0.717) is 44.2 Å². The number of benzene rings is 1. The van der Waals surface area contributed by atoms with E-state index in [0.717, 1.165) is 15.7 Å². The predicted octanol–water partition coefficient (Wildman–Crippen LogP) is 3.21. The highest BCUT2D eigenvalue weighted by molar-refractivity contribution is 7.90. The molecule has 0 spiro atoms. The minimum Gasteiger partial charge on any atom is -0.465 e. The minimum atomic E-state index is -3.48. The number of hydrogen-bond donors (Lipinski definition) is 2. The van der Waals surface area contributed by atoms with Crippen LogP contribution in [0, 0.1) is 17.5 Å². The number of nitrogens with one attached hydrogen (secondary N) is 1. The second kappa shape index (κ2) is 8.98. The lowest BCUT2D eigenvalue weighted by Gasteiger charge is -2.48. The van der Waals surface area contributed by atoms with Crippen molar-refractivity contribution in [3.05, 3.63) is 52.6 Å². The molecule has 1 aromatic heterocycles. The minimum absolute atomic E-state index is 0.213. The monoisotopic (exact) mass is 541 g/mol. The number of aromatic nitrogens is 2. The Hall–Kier alpha value is -2.64. The number of carboxylic acid groups (broad SMARTS) is 1. The van der Waals surface area contributed by atoms with Crippen molar-refractivity contribution in [1.82, 2.24) is 24.3 Å². The van der Waals surface area contributed by atoms with Crippen molar-refractivity contribution in [3.63, 3.8) is 0 Å². The van der Waals surface area contributed by atoms with Crippen LogP contribution in [0.15, 0.2) is 18.3 Å². The molecule has 3 atom stereocenters. The van der Waals surface area contributed by atoms with Gasteiger partial charge in [-0.1, -0.05) is 0 Å². The Bertz CT molecular complexity index is 1320. The molecule has 202 valence electrons. The first-order valence-corrected chi connectivity index (χ1v) is 13.7. The van der Waals surface area contributed by atoms with Crippen LogP contribution in [0.5, 0.6) is 0 Å². The maximum atomic E-state index is 14.8. The zero-order valence-electron chi connectivity index (χ0n) is 20.8. The van der Waals surface area contributed by atoms with Crippen molar-refractivity contribution in [2.75, 3.05) is 6.54 Å². The summed E-state index contributed by atoms with van der Waals surface area (Å²) in [5.41, 5.74) is 0.286. The van der Waals surface area contributed by atoms with Crippen molar-refractivity contribution in [2.24, 2.45) is 0 Å². The van der Waals surface area contributed by atoms with Crippen LogP contribution >= 0.6 is 0 Å². The molecule has 1 amide bonds. The summed E-state index contributed by atoms with van der Waals surface area (Å²) < 4.78 is 69.1. The first-order valence-electron chi connectivity index (χ1n) is 12.2. The Morgan fingerprint density at radius 2 is 1.89 bits per heavy atom. The third kappa shape index (κ3) is 4.72. The zero-order valence-corrected chi connectivity index (χ0v) is 21.6. The number of nitrogens with zero attached hydrogens (tertiary/aromatic N) is 4. The second-order valence-corrected chi connectivity index (χ2v) is 13.2. The van der Waals surface area contributed by atoms with Gasteiger partial charge in [-0.05, 0) is 46.1 Å². The number of amides is 1. The van der Waals surface area contributed by atoms with E-state index in [1.165, 1.54) is 4.90 Å². The van der Waals surface area contributed by atoms with Gasteiger partial charge in [0.25, 0.3) is 10.0 Å². The summed E-state index contributed by atoms with van der Waals surface area (Å²) in [4.78, 5) is 15.6. The Morgan fingerprint density at radius 1 is 1.19 bits per heavy atom. The summed E-state index contributed by atoms with van der Waals surface area (Å²) in [5, 5.41) is 17.2. The third-order valence-electron chi connectivity index (χ3n) is 7.39. The predicted molar refractivity (Wildman–Crippen MR) is 128 cm³/mol. The van der Waals surface area contributed by atoms with Crippen LogP contribution in [0.3, 0.4) is 0 Å². The molecule has 0 unspecified atom stereocenters. The van der Waals surface area contributed by atoms with Gasteiger partial charge in [-0.15, -0.1) is 0 Å². The summed E-state index contributed by atoms with van der Waals surface area (Å²) in [6.45, 7) is 6.22. The van der Waals surface area contributed by atoms with E-state index in [1.54, 1.807) is 27.0 Å². The first-order chi connectivity index (χ1) is 17.3. The van der Waals surface area contributed by atoms with E-state index in [2.05, 4.69) is 15.3 Å². The molecule has 3 aliphatic rings. The van der Waals surface area contributed by atoms with Crippen molar-refractivity contribution in [1.29, 1.82) is 0 Å². The number of carbonyl (C=O) groups is 1. The molecule has 2 aromatic rings. The fraction of sp³-hybridized carbons (Fsp3) is 0.583. The molecule has 0 radical (unpaired) electrons. The topological polar surface area (TPSA) is 108 Å². The van der Waals surface area contributed by atoms with Crippen molar-refractivity contribution < 1.29 is 31.5 Å². The first kappa shape index (κ1) is 26.0. The molecule has 37 heavy (non-hydrogen) atoms. The van der Waals surface area contributed by atoms with E-state index < -0.39 is 51.2 Å². The number of hydrogen-bond acceptors (Lipinski definition) is 6. The van der Waals surface area contributed by atoms with E-state index >= 15 is 0 Å². The SMILES string of the molecule is CC(C)(C)N(C(=O)O)[C@H]1C[C@@H](N2Cc3cn(S(=O)(=O)C4CC4)nc3C2)CN[C@H]1c1cc(F)cc(F)c1F. The van der Waals surface area contributed by atoms with Crippen LogP contribution in [0.25, 0.3) is 0 Å². The van der Waals surface area contributed by atoms with Crippen molar-refractivity contribution >= 4 is 16.1 Å². The van der Waals surface area contributed by atoms with Gasteiger partial charge in [0.2, 0.25) is 0 Å². The van der Waals surface area contributed by atoms with Gasteiger partial charge in [0.05, 0.1) is 23.0 Å². The number of piperidine rings is 1. The van der Waals surface area contributed by atoms with E-state index in [9.17, 15) is 31.5 Å². The highest BCUT2D eigenvalue weighted by Crippen LogP contribution is 2.38. The average Bonchev–Trinajstić information content (AvgIpc) is 3.46. The van der Waals surface area contributed by atoms with Crippen LogP contribution in [0.1, 0.15) is 62.9 Å². The quantitative estimate of drug-likeness (QED) is 0.560. The smallest absolute Gasteiger partial charge is 0.408 e. The van der Waals surface area contributed by atoms with Crippen LogP contribution in [0.2, 0.25) is 0 Å². The van der Waals surface area contributed by atoms with Crippen molar-refractivity contribution in [3.8, 4) is 0 Å². The van der Waals surface area contributed by atoms with Crippen LogP contribution in [0.4, 0.5) is 18.0 Å². The van der Waals surface area contributed by atoms with E-state index in [-0.39, 0.29) is 23.3 Å². The number of fused-ring (bicyclic) bond motifs is 1. The zero-order chi connectivity index (χ0) is 26.9. The van der Waals surface area contributed by atoms with Gasteiger partial charge in [-0.3, -0.25) is 9.80 Å². The van der Waals surface area contributed by atoms with Gasteiger partial charge >= 0.3 is 6.09 Å². The summed E-state index contributed by atoms with van der Waals surface area (Å²) >= 11 is 0. The molecule has 2 N–H and O–H groups in total. The Kier molecular flexibility index (Phi) is 6.31. The average molecular weight is 542 g/mol. The summed E-state index contributed by atoms with van der Waals surface area (Å²) in [7, 11) is -3.48. The van der Waals surface area contributed by atoms with Crippen molar-refractivity contribution in [2.45, 2.75) is 82.0 Å². The lowest BCUT2D eigenvalue weighted by molar-refractivity contribution is 0.0191. The van der Waals surface area contributed by atoms with Gasteiger partial charge < -0.3 is 10.4 Å². The van der Waals surface area contributed by atoms with Crippen LogP contribution in [-0.4, -0.2) is 68.0 Å². The normalized spacial score (nSPS) is 24.8. The molecule has 1 saturated heterocycles. The van der Waals surface area contributed by atoms with Crippen LogP contribution < -0.4 is 5.32 Å². The fourth-order valence-corrected chi connectivity index (χ4v) is 7.06. The molecule has 5 rings (SSSR count). The number of rotatable bonds is 5. The Labute approximate surface area is 213 Å². The van der Waals surface area contributed by atoms with Crippen LogP contribution in [-0.2, 0) is 23.1 Å². The fourth-order valence-electron chi connectivity index (χ4n) is 5.53. The lowest BCUT2D eigenvalue weighted by Crippen LogP contribution is -2.61. The summed E-state index contributed by atoms with van der Waals surface area (Å²) in [6, 6.07) is -0.664. The molecule has 2 aliphatic heterocycles. The Morgan fingerprint density at radius 3 is 2.49 bits per heavy atom. The third-order valence-corrected chi connectivity index (χ3v) is 9.42. The van der Waals surface area contributed by atoms with Gasteiger partial charge in [-0.2, -0.15) is 9.19 Å². The highest BCUT2D eigenvalue weighted by atomic mass is 32.2. The number of halogens is 3. The van der Waals surface area contributed by atoms with Gasteiger partial charge in [0, 0.05) is 54.6 Å². The lowest BCUT2D eigenvalue weighted by atomic mass is 9.85. The molecule has 1 saturated carbocycles. The highest BCUT2D eigenvalue weighted by Gasteiger charge is 2.45. The van der Waals surface area contributed by atoms with Gasteiger partial charge in [0.15, 0.2) is 11.6 Å². The molecule has 2 fully saturated rings. The molecule has 13 heteroatoms. The molecular formula is C24H30F3N5O4S. The Balaban J connectivity index is 1.42. The molecule has 1 aliphatic carbocycles. The molecule has 3 heterocycles. The maximum absolute atomic E-state index is 14.8. The second-order valence-electron chi connectivity index (χ2n) is 11.1. The largest absolute Gasteiger partial charge is 0.465 e. The van der Waals surface area contributed by atoms with Gasteiger partial charge in [-0.25, -0.2) is 26.4 Å². The van der Waals surface area contributed by atoms with Gasteiger partial charge in [0.1, 0.15) is 5.82 Å². The maximum Gasteiger partial charge on any atom is 0.408 e. The summed E-state index contributed by atoms with van der Waals surface area (Å²) in [6.07, 6.45) is 1.86. The summed E-state index contributed by atoms with van der Waals surface area (Å²) in [5.74, 6) is -3.50. The molecule has 0 bridgehead atoms. The molecule has 1 aromatic carbocycles. The molecular weight excluding hydrogens is 511 g/mol. The van der Waals surface area contributed by atoms with E-state index in [1.807, 2.05) is 0 Å². The molecule has 9 nitrogen and oxygen atoms in total. The van der Waals surface area contributed by atoms with E-state index in [4.69, 9.17) is 0 Å².